The fraction of sp³-hybridized carbons (Fsp3) is 0.214. The molecular weight excluding hydrogens is 390 g/mol. The summed E-state index contributed by atoms with van der Waals surface area (Å²) >= 11 is 0. The molecule has 7 rings (SSSR count). The topological polar surface area (TPSA) is 18.5 Å². The highest BCUT2D eigenvalue weighted by molar-refractivity contribution is 7.02. The van der Waals surface area contributed by atoms with Gasteiger partial charge in [-0.2, -0.15) is 0 Å². The molecule has 2 nitrogen and oxygen atoms in total. The van der Waals surface area contributed by atoms with Crippen molar-refractivity contribution in [2.45, 2.75) is 38.9 Å². The van der Waals surface area contributed by atoms with E-state index in [1.807, 2.05) is 0 Å². The number of rotatable bonds is 1. The number of benzene rings is 4. The van der Waals surface area contributed by atoms with Crippen molar-refractivity contribution in [1.82, 2.24) is 0 Å². The lowest BCUT2D eigenvalue weighted by Gasteiger charge is -2.32. The highest BCUT2D eigenvalue weighted by Crippen LogP contribution is 2.37. The van der Waals surface area contributed by atoms with E-state index in [1.165, 1.54) is 49.4 Å². The zero-order chi connectivity index (χ0) is 21.8. The summed E-state index contributed by atoms with van der Waals surface area (Å²) in [7, 11) is -0.339. The Labute approximate surface area is 189 Å². The summed E-state index contributed by atoms with van der Waals surface area (Å²) < 4.78 is 12.6. The largest absolute Gasteiger partial charge is 0.494 e. The number of fused-ring (bicyclic) bond motifs is 7. The molecular formula is C28H24B2O2. The monoisotopic (exact) mass is 414 g/mol. The summed E-state index contributed by atoms with van der Waals surface area (Å²) in [5.74, 6) is 0. The molecule has 1 fully saturated rings. The SMILES string of the molecule is CC1(C)OB(c2ccc3cc4c(cc3c2)B2c3ccccc3-c3cccc-4c32)OC1(C)C. The number of hydrogen-bond acceptors (Lipinski definition) is 2. The second kappa shape index (κ2) is 5.95. The summed E-state index contributed by atoms with van der Waals surface area (Å²) in [5, 5.41) is 2.50. The highest BCUT2D eigenvalue weighted by Gasteiger charge is 2.51. The van der Waals surface area contributed by atoms with Crippen molar-refractivity contribution in [1.29, 1.82) is 0 Å². The van der Waals surface area contributed by atoms with Crippen molar-refractivity contribution < 1.29 is 9.31 Å². The summed E-state index contributed by atoms with van der Waals surface area (Å²) in [5.41, 5.74) is 10.3. The maximum Gasteiger partial charge on any atom is 0.494 e. The molecule has 4 aromatic rings. The van der Waals surface area contributed by atoms with Crippen LogP contribution in [0.2, 0.25) is 0 Å². The fourth-order valence-electron chi connectivity index (χ4n) is 5.75. The maximum absolute atomic E-state index is 6.32. The number of hydrogen-bond donors (Lipinski definition) is 0. The molecule has 4 aromatic carbocycles. The van der Waals surface area contributed by atoms with E-state index in [0.717, 1.165) is 5.46 Å². The third kappa shape index (κ3) is 2.29. The Morgan fingerprint density at radius 1 is 0.594 bits per heavy atom. The average Bonchev–Trinajstić information content (AvgIpc) is 3.35. The van der Waals surface area contributed by atoms with Crippen molar-refractivity contribution in [3.05, 3.63) is 72.8 Å². The molecule has 3 aliphatic heterocycles. The second-order valence-corrected chi connectivity index (χ2v) is 10.4. The normalized spacial score (nSPS) is 18.8. The van der Waals surface area contributed by atoms with Gasteiger partial charge in [-0.1, -0.05) is 83.1 Å². The van der Waals surface area contributed by atoms with Crippen molar-refractivity contribution in [3.63, 3.8) is 0 Å². The van der Waals surface area contributed by atoms with Crippen LogP contribution in [0.15, 0.2) is 72.8 Å². The minimum atomic E-state index is -0.339. The van der Waals surface area contributed by atoms with Gasteiger partial charge in [0.2, 0.25) is 6.71 Å². The van der Waals surface area contributed by atoms with Gasteiger partial charge in [0.1, 0.15) is 0 Å². The van der Waals surface area contributed by atoms with Crippen LogP contribution in [0.5, 0.6) is 0 Å². The van der Waals surface area contributed by atoms with Crippen molar-refractivity contribution >= 4 is 46.5 Å². The van der Waals surface area contributed by atoms with Crippen LogP contribution in [0.25, 0.3) is 33.0 Å². The van der Waals surface area contributed by atoms with Crippen molar-refractivity contribution in [2.75, 3.05) is 0 Å². The van der Waals surface area contributed by atoms with Crippen LogP contribution < -0.4 is 21.9 Å². The molecule has 0 aromatic heterocycles. The maximum atomic E-state index is 6.32. The molecule has 0 bridgehead atoms. The van der Waals surface area contributed by atoms with E-state index < -0.39 is 0 Å². The van der Waals surface area contributed by atoms with E-state index in [9.17, 15) is 0 Å². The summed E-state index contributed by atoms with van der Waals surface area (Å²) in [6.07, 6.45) is 0. The van der Waals surface area contributed by atoms with Gasteiger partial charge in [-0.3, -0.25) is 0 Å². The van der Waals surface area contributed by atoms with Gasteiger partial charge in [-0.05, 0) is 72.3 Å². The van der Waals surface area contributed by atoms with Gasteiger partial charge >= 0.3 is 7.12 Å². The first-order chi connectivity index (χ1) is 15.3. The first-order valence-electron chi connectivity index (χ1n) is 11.5. The average molecular weight is 414 g/mol. The third-order valence-electron chi connectivity index (χ3n) is 8.12. The van der Waals surface area contributed by atoms with Crippen LogP contribution >= 0.6 is 0 Å². The molecule has 3 heterocycles. The van der Waals surface area contributed by atoms with Gasteiger partial charge in [-0.25, -0.2) is 0 Å². The molecule has 0 unspecified atom stereocenters. The summed E-state index contributed by atoms with van der Waals surface area (Å²) in [6, 6.07) is 27.0. The first-order valence-corrected chi connectivity index (χ1v) is 11.5. The van der Waals surface area contributed by atoms with Crippen molar-refractivity contribution in [2.24, 2.45) is 0 Å². The Balaban J connectivity index is 1.39. The van der Waals surface area contributed by atoms with Gasteiger partial charge < -0.3 is 9.31 Å². The molecule has 0 N–H and O–H groups in total. The first kappa shape index (κ1) is 18.7. The quantitative estimate of drug-likeness (QED) is 0.383. The zero-order valence-corrected chi connectivity index (χ0v) is 18.9. The predicted octanol–water partition coefficient (Wildman–Crippen LogP) is 3.62. The van der Waals surface area contributed by atoms with E-state index >= 15 is 0 Å². The lowest BCUT2D eigenvalue weighted by molar-refractivity contribution is 0.00578. The smallest absolute Gasteiger partial charge is 0.399 e. The van der Waals surface area contributed by atoms with E-state index in [4.69, 9.17) is 9.31 Å². The minimum Gasteiger partial charge on any atom is -0.399 e. The van der Waals surface area contributed by atoms with Gasteiger partial charge in [0.05, 0.1) is 11.2 Å². The molecule has 4 heteroatoms. The lowest BCUT2D eigenvalue weighted by Crippen LogP contribution is -2.45. The zero-order valence-electron chi connectivity index (χ0n) is 18.9. The van der Waals surface area contributed by atoms with Crippen LogP contribution in [0.3, 0.4) is 0 Å². The molecule has 32 heavy (non-hydrogen) atoms. The van der Waals surface area contributed by atoms with Crippen LogP contribution in [-0.2, 0) is 9.31 Å². The summed E-state index contributed by atoms with van der Waals surface area (Å²) in [4.78, 5) is 0. The Morgan fingerprint density at radius 3 is 2.06 bits per heavy atom. The van der Waals surface area contributed by atoms with Gasteiger partial charge in [0.25, 0.3) is 0 Å². The minimum absolute atomic E-state index is 0.331. The Bertz CT molecular complexity index is 1440. The van der Waals surface area contributed by atoms with Gasteiger partial charge in [-0.15, -0.1) is 0 Å². The molecule has 1 saturated heterocycles. The molecule has 3 aliphatic rings. The Hall–Kier alpha value is -2.81. The van der Waals surface area contributed by atoms with Crippen LogP contribution in [0.1, 0.15) is 27.7 Å². The van der Waals surface area contributed by atoms with Crippen LogP contribution in [-0.4, -0.2) is 25.0 Å². The molecule has 0 amide bonds. The van der Waals surface area contributed by atoms with Crippen LogP contribution in [0, 0.1) is 0 Å². The predicted molar refractivity (Wildman–Crippen MR) is 135 cm³/mol. The fourth-order valence-corrected chi connectivity index (χ4v) is 5.75. The molecule has 0 aliphatic carbocycles. The standard InChI is InChI=1S/C28H24B2O2/c1-27(2)28(3,4)32-30(31-27)19-13-12-17-15-23-22-10-7-9-21-20-8-5-6-11-24(20)29(26(21)22)25(23)16-18(17)14-19/h5-16H,1-4H3. The van der Waals surface area contributed by atoms with E-state index in [-0.39, 0.29) is 18.3 Å². The van der Waals surface area contributed by atoms with Gasteiger partial charge in [0, 0.05) is 0 Å². The Morgan fingerprint density at radius 2 is 1.28 bits per heavy atom. The van der Waals surface area contributed by atoms with E-state index in [2.05, 4.69) is 100 Å². The third-order valence-corrected chi connectivity index (χ3v) is 8.12. The molecule has 154 valence electrons. The van der Waals surface area contributed by atoms with E-state index in [1.54, 1.807) is 0 Å². The molecule has 0 spiro atoms. The van der Waals surface area contributed by atoms with Crippen LogP contribution in [0.4, 0.5) is 0 Å². The van der Waals surface area contributed by atoms with Crippen molar-refractivity contribution in [3.8, 4) is 22.3 Å². The second-order valence-electron chi connectivity index (χ2n) is 10.4. The Kier molecular flexibility index (Phi) is 3.48. The van der Waals surface area contributed by atoms with E-state index in [0.29, 0.717) is 6.71 Å². The molecule has 0 atom stereocenters. The molecule has 0 saturated carbocycles. The summed E-state index contributed by atoms with van der Waals surface area (Å²) in [6.45, 7) is 8.75. The van der Waals surface area contributed by atoms with Gasteiger partial charge in [0.15, 0.2) is 0 Å². The molecule has 0 radical (unpaired) electrons. The lowest BCUT2D eigenvalue weighted by atomic mass is 9.41. The highest BCUT2D eigenvalue weighted by atomic mass is 16.7.